The van der Waals surface area contributed by atoms with Crippen molar-refractivity contribution in [3.63, 3.8) is 0 Å². The molecule has 0 radical (unpaired) electrons. The maximum atomic E-state index is 5.47. The number of ether oxygens (including phenoxy) is 1. The fourth-order valence-corrected chi connectivity index (χ4v) is 3.31. The molecule has 17 heavy (non-hydrogen) atoms. The fourth-order valence-electron chi connectivity index (χ4n) is 3.31. The molecule has 2 fully saturated rings. The van der Waals surface area contributed by atoms with Gasteiger partial charge in [-0.15, -0.1) is 10.2 Å². The van der Waals surface area contributed by atoms with Gasteiger partial charge in [0.05, 0.1) is 0 Å². The monoisotopic (exact) mass is 237 g/mol. The minimum Gasteiger partial charge on any atom is -0.381 e. The third-order valence-corrected chi connectivity index (χ3v) is 4.29. The van der Waals surface area contributed by atoms with Gasteiger partial charge in [-0.1, -0.05) is 5.21 Å². The van der Waals surface area contributed by atoms with E-state index in [1.54, 1.807) is 0 Å². The summed E-state index contributed by atoms with van der Waals surface area (Å²) in [5, 5.41) is 18.3. The number of aromatic amines is 1. The molecule has 6 nitrogen and oxygen atoms in total. The van der Waals surface area contributed by atoms with Gasteiger partial charge in [0, 0.05) is 18.6 Å². The van der Waals surface area contributed by atoms with E-state index in [0.29, 0.717) is 5.92 Å². The molecule has 2 aliphatic rings. The Kier molecular flexibility index (Phi) is 3.07. The van der Waals surface area contributed by atoms with Crippen LogP contribution in [0.25, 0.3) is 0 Å². The summed E-state index contributed by atoms with van der Waals surface area (Å²) in [6, 6.07) is 0. The number of nitrogens with one attached hydrogen (secondary N) is 2. The number of aromatic nitrogens is 4. The molecule has 0 saturated carbocycles. The molecule has 2 aliphatic heterocycles. The molecule has 0 aromatic carbocycles. The van der Waals surface area contributed by atoms with E-state index < -0.39 is 0 Å². The molecule has 0 spiro atoms. The fraction of sp³-hybridized carbons (Fsp3) is 0.909. The van der Waals surface area contributed by atoms with Crippen LogP contribution in [0.5, 0.6) is 0 Å². The Hall–Kier alpha value is -1.01. The summed E-state index contributed by atoms with van der Waals surface area (Å²) < 4.78 is 5.47. The van der Waals surface area contributed by atoms with Crippen molar-refractivity contribution in [1.29, 1.82) is 0 Å². The minimum absolute atomic E-state index is 0.113. The predicted octanol–water partition coefficient (Wildman–Crippen LogP) is 0.247. The highest BCUT2D eigenvalue weighted by atomic mass is 16.5. The number of piperidine rings is 1. The lowest BCUT2D eigenvalue weighted by Gasteiger charge is -2.43. The molecular weight excluding hydrogens is 218 g/mol. The summed E-state index contributed by atoms with van der Waals surface area (Å²) in [6.07, 6.45) is 4.46. The molecule has 0 bridgehead atoms. The SMILES string of the molecule is C1CC(c2nn[nH]n2)(C2CCOCC2)CCN1. The van der Waals surface area contributed by atoms with Crippen molar-refractivity contribution in [2.45, 2.75) is 31.1 Å². The van der Waals surface area contributed by atoms with Gasteiger partial charge in [-0.3, -0.25) is 0 Å². The summed E-state index contributed by atoms with van der Waals surface area (Å²) in [7, 11) is 0. The third kappa shape index (κ3) is 1.95. The highest BCUT2D eigenvalue weighted by Gasteiger charge is 2.44. The van der Waals surface area contributed by atoms with Gasteiger partial charge in [-0.2, -0.15) is 5.21 Å². The van der Waals surface area contributed by atoms with E-state index >= 15 is 0 Å². The molecule has 1 aromatic rings. The van der Waals surface area contributed by atoms with Gasteiger partial charge >= 0.3 is 0 Å². The summed E-state index contributed by atoms with van der Waals surface area (Å²) in [5.41, 5.74) is 0.113. The van der Waals surface area contributed by atoms with Crippen LogP contribution in [-0.2, 0) is 10.2 Å². The molecule has 0 amide bonds. The first-order chi connectivity index (χ1) is 8.42. The van der Waals surface area contributed by atoms with E-state index in [-0.39, 0.29) is 5.41 Å². The summed E-state index contributed by atoms with van der Waals surface area (Å²) in [6.45, 7) is 3.84. The van der Waals surface area contributed by atoms with Crippen LogP contribution >= 0.6 is 0 Å². The molecule has 94 valence electrons. The Balaban J connectivity index is 1.89. The van der Waals surface area contributed by atoms with Crippen molar-refractivity contribution in [3.05, 3.63) is 5.82 Å². The van der Waals surface area contributed by atoms with E-state index in [4.69, 9.17) is 4.74 Å². The topological polar surface area (TPSA) is 75.7 Å². The Bertz CT molecular complexity index is 341. The standard InChI is InChI=1S/C11H19N5O/c1-7-17-8-2-9(1)11(3-5-12-6-4-11)10-13-15-16-14-10/h9,12H,1-8H2,(H,13,14,15,16). The second-order valence-electron chi connectivity index (χ2n) is 5.03. The van der Waals surface area contributed by atoms with Gasteiger partial charge in [0.25, 0.3) is 0 Å². The first kappa shape index (κ1) is 11.1. The van der Waals surface area contributed by atoms with Crippen molar-refractivity contribution in [3.8, 4) is 0 Å². The number of rotatable bonds is 2. The zero-order valence-electron chi connectivity index (χ0n) is 9.98. The number of tetrazole rings is 1. The van der Waals surface area contributed by atoms with Crippen molar-refractivity contribution in [2.75, 3.05) is 26.3 Å². The number of hydrogen-bond acceptors (Lipinski definition) is 5. The first-order valence-corrected chi connectivity index (χ1v) is 6.44. The maximum absolute atomic E-state index is 5.47. The van der Waals surface area contributed by atoms with Crippen molar-refractivity contribution in [1.82, 2.24) is 25.9 Å². The molecule has 2 saturated heterocycles. The Morgan fingerprint density at radius 3 is 2.59 bits per heavy atom. The highest BCUT2D eigenvalue weighted by Crippen LogP contribution is 2.42. The van der Waals surface area contributed by atoms with Crippen LogP contribution in [0.15, 0.2) is 0 Å². The molecule has 0 atom stereocenters. The molecular formula is C11H19N5O. The lowest BCUT2D eigenvalue weighted by atomic mass is 9.65. The van der Waals surface area contributed by atoms with E-state index in [0.717, 1.165) is 57.8 Å². The summed E-state index contributed by atoms with van der Waals surface area (Å²) in [4.78, 5) is 0. The third-order valence-electron chi connectivity index (χ3n) is 4.29. The average molecular weight is 237 g/mol. The van der Waals surface area contributed by atoms with Crippen LogP contribution in [0, 0.1) is 5.92 Å². The number of H-pyrrole nitrogens is 1. The Morgan fingerprint density at radius 2 is 1.94 bits per heavy atom. The van der Waals surface area contributed by atoms with Gasteiger partial charge in [0.2, 0.25) is 0 Å². The van der Waals surface area contributed by atoms with Gasteiger partial charge in [-0.05, 0) is 44.7 Å². The maximum Gasteiger partial charge on any atom is 0.181 e. The van der Waals surface area contributed by atoms with Crippen LogP contribution < -0.4 is 5.32 Å². The lowest BCUT2D eigenvalue weighted by molar-refractivity contribution is 0.0248. The van der Waals surface area contributed by atoms with Gasteiger partial charge in [0.15, 0.2) is 5.82 Å². The van der Waals surface area contributed by atoms with Crippen LogP contribution in [0.4, 0.5) is 0 Å². The Labute approximate surface area is 101 Å². The molecule has 3 rings (SSSR count). The number of hydrogen-bond donors (Lipinski definition) is 2. The molecule has 0 aliphatic carbocycles. The van der Waals surface area contributed by atoms with Crippen molar-refractivity contribution < 1.29 is 4.74 Å². The average Bonchev–Trinajstić information content (AvgIpc) is 2.95. The quantitative estimate of drug-likeness (QED) is 0.771. The van der Waals surface area contributed by atoms with E-state index in [1.165, 1.54) is 0 Å². The second-order valence-corrected chi connectivity index (χ2v) is 5.03. The highest BCUT2D eigenvalue weighted by molar-refractivity contribution is 5.11. The largest absolute Gasteiger partial charge is 0.381 e. The zero-order valence-corrected chi connectivity index (χ0v) is 9.98. The van der Waals surface area contributed by atoms with Crippen LogP contribution in [0.1, 0.15) is 31.5 Å². The summed E-state index contributed by atoms with van der Waals surface area (Å²) in [5.74, 6) is 1.54. The Morgan fingerprint density at radius 1 is 1.18 bits per heavy atom. The number of nitrogens with zero attached hydrogens (tertiary/aromatic N) is 3. The van der Waals surface area contributed by atoms with Crippen LogP contribution in [-0.4, -0.2) is 46.9 Å². The van der Waals surface area contributed by atoms with Crippen LogP contribution in [0.2, 0.25) is 0 Å². The summed E-state index contributed by atoms with van der Waals surface area (Å²) >= 11 is 0. The van der Waals surface area contributed by atoms with Gasteiger partial charge in [0.1, 0.15) is 0 Å². The van der Waals surface area contributed by atoms with E-state index in [2.05, 4.69) is 25.9 Å². The molecule has 6 heteroatoms. The zero-order chi connectivity index (χ0) is 11.6. The lowest BCUT2D eigenvalue weighted by Crippen LogP contribution is -2.47. The van der Waals surface area contributed by atoms with Gasteiger partial charge < -0.3 is 10.1 Å². The second kappa shape index (κ2) is 4.70. The molecule has 3 heterocycles. The first-order valence-electron chi connectivity index (χ1n) is 6.44. The molecule has 0 unspecified atom stereocenters. The van der Waals surface area contributed by atoms with Crippen LogP contribution in [0.3, 0.4) is 0 Å². The minimum atomic E-state index is 0.113. The smallest absolute Gasteiger partial charge is 0.181 e. The van der Waals surface area contributed by atoms with Crippen molar-refractivity contribution in [2.24, 2.45) is 5.92 Å². The van der Waals surface area contributed by atoms with E-state index in [9.17, 15) is 0 Å². The van der Waals surface area contributed by atoms with E-state index in [1.807, 2.05) is 0 Å². The molecule has 2 N–H and O–H groups in total. The van der Waals surface area contributed by atoms with Crippen molar-refractivity contribution >= 4 is 0 Å². The normalized spacial score (nSPS) is 25.9. The van der Waals surface area contributed by atoms with Gasteiger partial charge in [-0.25, -0.2) is 0 Å². The molecule has 1 aromatic heterocycles. The predicted molar refractivity (Wildman–Crippen MR) is 61.5 cm³/mol.